The molecule has 0 aliphatic carbocycles. The van der Waals surface area contributed by atoms with Crippen molar-refractivity contribution < 1.29 is 18.0 Å². The number of aromatic nitrogens is 4. The highest BCUT2D eigenvalue weighted by Crippen LogP contribution is 2.26. The van der Waals surface area contributed by atoms with Crippen LogP contribution in [0.5, 0.6) is 0 Å². The second-order valence-electron chi connectivity index (χ2n) is 8.78. The Bertz CT molecular complexity index is 1750. The minimum atomic E-state index is -4.52. The van der Waals surface area contributed by atoms with E-state index in [0.717, 1.165) is 6.08 Å². The molecule has 1 amide bonds. The summed E-state index contributed by atoms with van der Waals surface area (Å²) in [5, 5.41) is 7.86. The molecule has 0 radical (unpaired) electrons. The van der Waals surface area contributed by atoms with E-state index in [4.69, 9.17) is 0 Å². The molecular weight excluding hydrogens is 495 g/mol. The molecule has 1 N–H and O–H groups in total. The number of nitrogens with zero attached hydrogens (tertiary/aromatic N) is 4. The largest absolute Gasteiger partial charge is 0.409 e. The van der Waals surface area contributed by atoms with Crippen molar-refractivity contribution in [3.05, 3.63) is 112 Å². The molecular formula is C28H22F3N5O2. The third-order valence-corrected chi connectivity index (χ3v) is 6.16. The van der Waals surface area contributed by atoms with Gasteiger partial charge >= 0.3 is 6.18 Å². The van der Waals surface area contributed by atoms with Crippen molar-refractivity contribution in [2.24, 2.45) is 0 Å². The quantitative estimate of drug-likeness (QED) is 0.338. The Balaban J connectivity index is 1.65. The molecule has 0 unspecified atom stereocenters. The number of nitrogens with one attached hydrogen (secondary N) is 1. The first-order valence-electron chi connectivity index (χ1n) is 11.7. The van der Waals surface area contributed by atoms with Crippen molar-refractivity contribution in [3.8, 4) is 5.69 Å². The Kier molecular flexibility index (Phi) is 6.31. The Hall–Kier alpha value is -4.73. The normalized spacial score (nSPS) is 12.9. The number of para-hydroxylation sites is 1. The first kappa shape index (κ1) is 24.9. The van der Waals surface area contributed by atoms with Crippen LogP contribution in [0, 0.1) is 6.92 Å². The van der Waals surface area contributed by atoms with E-state index in [-0.39, 0.29) is 17.0 Å². The van der Waals surface area contributed by atoms with Crippen molar-refractivity contribution in [3.63, 3.8) is 0 Å². The number of amides is 1. The number of fused-ring (bicyclic) bond motifs is 2. The number of rotatable bonds is 5. The predicted octanol–water partition coefficient (Wildman–Crippen LogP) is 5.41. The lowest BCUT2D eigenvalue weighted by Crippen LogP contribution is -2.32. The summed E-state index contributed by atoms with van der Waals surface area (Å²) >= 11 is 0. The molecule has 192 valence electrons. The number of allylic oxidation sites excluding steroid dienone is 1. The van der Waals surface area contributed by atoms with E-state index in [9.17, 15) is 22.8 Å². The molecule has 1 atom stereocenters. The maximum absolute atomic E-state index is 13.9. The third-order valence-electron chi connectivity index (χ3n) is 6.16. The maximum atomic E-state index is 13.9. The van der Waals surface area contributed by atoms with Crippen LogP contribution in [0.2, 0.25) is 0 Å². The van der Waals surface area contributed by atoms with Gasteiger partial charge in [0.05, 0.1) is 17.1 Å². The molecule has 0 fully saturated rings. The summed E-state index contributed by atoms with van der Waals surface area (Å²) in [5.74, 6) is -0.419. The maximum Gasteiger partial charge on any atom is 0.409 e. The molecule has 5 aromatic rings. The van der Waals surface area contributed by atoms with Crippen LogP contribution in [0.25, 0.3) is 28.2 Å². The zero-order valence-electron chi connectivity index (χ0n) is 20.4. The smallest absolute Gasteiger partial charge is 0.344 e. The van der Waals surface area contributed by atoms with Gasteiger partial charge in [-0.15, -0.1) is 0 Å². The van der Waals surface area contributed by atoms with E-state index in [1.165, 1.54) is 15.1 Å². The number of hydrogen-bond acceptors (Lipinski definition) is 4. The number of benzene rings is 2. The first-order chi connectivity index (χ1) is 18.1. The minimum Gasteiger partial charge on any atom is -0.344 e. The highest BCUT2D eigenvalue weighted by Gasteiger charge is 2.24. The van der Waals surface area contributed by atoms with Gasteiger partial charge in [-0.3, -0.25) is 14.2 Å². The molecule has 3 heterocycles. The average molecular weight is 518 g/mol. The molecule has 2 aromatic carbocycles. The minimum absolute atomic E-state index is 0.109. The molecule has 7 nitrogen and oxygen atoms in total. The van der Waals surface area contributed by atoms with Gasteiger partial charge in [-0.25, -0.2) is 9.50 Å². The summed E-state index contributed by atoms with van der Waals surface area (Å²) in [6.07, 6.45) is -0.262. The number of carbonyl (C=O) groups is 1. The van der Waals surface area contributed by atoms with Gasteiger partial charge in [0.15, 0.2) is 5.65 Å². The Morgan fingerprint density at radius 2 is 1.84 bits per heavy atom. The summed E-state index contributed by atoms with van der Waals surface area (Å²) in [5.41, 5.74) is 1.82. The number of aryl methyl sites for hydroxylation is 1. The summed E-state index contributed by atoms with van der Waals surface area (Å²) < 4.78 is 41.6. The predicted molar refractivity (Wildman–Crippen MR) is 138 cm³/mol. The van der Waals surface area contributed by atoms with Crippen molar-refractivity contribution in [1.82, 2.24) is 24.5 Å². The van der Waals surface area contributed by atoms with Gasteiger partial charge in [-0.2, -0.15) is 18.3 Å². The van der Waals surface area contributed by atoms with Crippen LogP contribution in [0.15, 0.2) is 83.9 Å². The zero-order valence-corrected chi connectivity index (χ0v) is 20.4. The second-order valence-corrected chi connectivity index (χ2v) is 8.78. The fraction of sp³-hybridized carbons (Fsp3) is 0.143. The van der Waals surface area contributed by atoms with Gasteiger partial charge in [0.1, 0.15) is 5.56 Å². The van der Waals surface area contributed by atoms with E-state index in [0.29, 0.717) is 33.7 Å². The van der Waals surface area contributed by atoms with Crippen LogP contribution < -0.4 is 10.9 Å². The third kappa shape index (κ3) is 4.68. The van der Waals surface area contributed by atoms with Gasteiger partial charge in [-0.05, 0) is 55.1 Å². The molecule has 0 spiro atoms. The van der Waals surface area contributed by atoms with Crippen molar-refractivity contribution >= 4 is 28.4 Å². The van der Waals surface area contributed by atoms with E-state index in [1.807, 2.05) is 0 Å². The van der Waals surface area contributed by atoms with Crippen LogP contribution in [-0.4, -0.2) is 31.2 Å². The number of alkyl halides is 3. The first-order valence-corrected chi connectivity index (χ1v) is 11.7. The zero-order chi connectivity index (χ0) is 27.0. The number of pyridine rings is 1. The molecule has 38 heavy (non-hydrogen) atoms. The van der Waals surface area contributed by atoms with E-state index < -0.39 is 23.7 Å². The van der Waals surface area contributed by atoms with Crippen LogP contribution in [0.4, 0.5) is 13.2 Å². The number of carbonyl (C=O) groups excluding carboxylic acids is 1. The van der Waals surface area contributed by atoms with Crippen molar-refractivity contribution in [2.45, 2.75) is 26.1 Å². The molecule has 0 bridgehead atoms. The summed E-state index contributed by atoms with van der Waals surface area (Å²) in [7, 11) is 0. The van der Waals surface area contributed by atoms with Gasteiger partial charge < -0.3 is 5.32 Å². The van der Waals surface area contributed by atoms with Gasteiger partial charge in [0.25, 0.3) is 11.5 Å². The molecule has 0 saturated heterocycles. The van der Waals surface area contributed by atoms with E-state index >= 15 is 0 Å². The molecule has 0 aliphatic rings. The average Bonchev–Trinajstić information content (AvgIpc) is 3.23. The SMILES string of the molecule is Cc1nn2cccnc2c1C(=O)N[C@H](C)c1cc2cccc(/C=C/C(F)(F)F)c2c(=O)n1-c1ccccc1. The van der Waals surface area contributed by atoms with Crippen LogP contribution in [0.3, 0.4) is 0 Å². The van der Waals surface area contributed by atoms with Gasteiger partial charge in [0, 0.05) is 29.9 Å². The summed E-state index contributed by atoms with van der Waals surface area (Å²) in [4.78, 5) is 31.5. The monoisotopic (exact) mass is 517 g/mol. The molecule has 10 heteroatoms. The van der Waals surface area contributed by atoms with Crippen LogP contribution >= 0.6 is 0 Å². The standard InChI is InChI=1S/C28H22F3N5O2/c1-17(33-26(37)23-18(2)34-35-15-7-14-32-25(23)35)22-16-20-9-6-8-19(12-13-28(29,30)31)24(20)27(38)36(22)21-10-4-3-5-11-21/h3-17H,1-2H3,(H,33,37)/b13-12+/t17-/m1/s1. The molecule has 3 aromatic heterocycles. The Morgan fingerprint density at radius 3 is 2.58 bits per heavy atom. The second kappa shape index (κ2) is 9.62. The number of halogens is 3. The fourth-order valence-electron chi connectivity index (χ4n) is 4.50. The van der Waals surface area contributed by atoms with Crippen molar-refractivity contribution in [2.75, 3.05) is 0 Å². The van der Waals surface area contributed by atoms with Gasteiger partial charge in [0.2, 0.25) is 0 Å². The summed E-state index contributed by atoms with van der Waals surface area (Å²) in [6, 6.07) is 16.2. The Labute approximate surface area is 214 Å². The highest BCUT2D eigenvalue weighted by molar-refractivity contribution is 6.01. The van der Waals surface area contributed by atoms with E-state index in [1.54, 1.807) is 80.8 Å². The molecule has 0 aliphatic heterocycles. The fourth-order valence-corrected chi connectivity index (χ4v) is 4.50. The Morgan fingerprint density at radius 1 is 1.08 bits per heavy atom. The highest BCUT2D eigenvalue weighted by atomic mass is 19.4. The van der Waals surface area contributed by atoms with Crippen LogP contribution in [0.1, 0.15) is 40.3 Å². The van der Waals surface area contributed by atoms with Crippen molar-refractivity contribution in [1.29, 1.82) is 0 Å². The van der Waals surface area contributed by atoms with Gasteiger partial charge in [-0.1, -0.05) is 36.4 Å². The van der Waals surface area contributed by atoms with Crippen LogP contribution in [-0.2, 0) is 0 Å². The molecule has 0 saturated carbocycles. The summed E-state index contributed by atoms with van der Waals surface area (Å²) in [6.45, 7) is 3.44. The lowest BCUT2D eigenvalue weighted by molar-refractivity contribution is -0.0790. The topological polar surface area (TPSA) is 81.3 Å². The molecule has 5 rings (SSSR count). The lowest BCUT2D eigenvalue weighted by Gasteiger charge is -2.21. The lowest BCUT2D eigenvalue weighted by atomic mass is 10.0. The number of hydrogen-bond donors (Lipinski definition) is 1. The van der Waals surface area contributed by atoms with E-state index in [2.05, 4.69) is 15.4 Å².